The number of amides is 2. The van der Waals surface area contributed by atoms with E-state index in [2.05, 4.69) is 15.6 Å². The highest BCUT2D eigenvalue weighted by Gasteiger charge is 2.30. The molecule has 2 amide bonds. The van der Waals surface area contributed by atoms with Crippen molar-refractivity contribution < 1.29 is 22.7 Å². The number of anilines is 1. The van der Waals surface area contributed by atoms with Gasteiger partial charge in [-0.25, -0.2) is 13.4 Å². The lowest BCUT2D eigenvalue weighted by Crippen LogP contribution is -2.42. The molecule has 0 bridgehead atoms. The average Bonchev–Trinajstić information content (AvgIpc) is 2.95. The number of sulfone groups is 1. The molecule has 1 atom stereocenters. The maximum absolute atomic E-state index is 13.3. The van der Waals surface area contributed by atoms with Gasteiger partial charge in [-0.15, -0.1) is 0 Å². The van der Waals surface area contributed by atoms with Crippen molar-refractivity contribution in [3.8, 4) is 5.75 Å². The lowest BCUT2D eigenvalue weighted by atomic mass is 10.0. The summed E-state index contributed by atoms with van der Waals surface area (Å²) in [6, 6.07) is 14.1. The summed E-state index contributed by atoms with van der Waals surface area (Å²) in [6.07, 6.45) is -0.334. The van der Waals surface area contributed by atoms with Crippen LogP contribution in [0.4, 0.5) is 5.69 Å². The molecule has 4 rings (SSSR count). The van der Waals surface area contributed by atoms with Crippen LogP contribution in [0.2, 0.25) is 20.1 Å². The minimum absolute atomic E-state index is 0.0140. The molecule has 0 saturated heterocycles. The van der Waals surface area contributed by atoms with Crippen LogP contribution in [-0.2, 0) is 14.6 Å². The number of benzene rings is 3. The Hall–Kier alpha value is -2.82. The van der Waals surface area contributed by atoms with Crippen LogP contribution in [0.15, 0.2) is 59.6 Å². The lowest BCUT2D eigenvalue weighted by Gasteiger charge is -2.16. The number of hydrogen-bond donors (Lipinski definition) is 2. The van der Waals surface area contributed by atoms with Crippen LogP contribution >= 0.6 is 46.4 Å². The number of fused-ring (bicyclic) bond motifs is 1. The molecule has 3 aromatic carbocycles. The normalized spacial score (nSPS) is 15.1. The first kappa shape index (κ1) is 28.2. The van der Waals surface area contributed by atoms with Crippen LogP contribution in [0.1, 0.15) is 21.5 Å². The van der Waals surface area contributed by atoms with Gasteiger partial charge in [0.25, 0.3) is 11.8 Å². The third-order valence-electron chi connectivity index (χ3n) is 5.36. The molecule has 0 aliphatic carbocycles. The summed E-state index contributed by atoms with van der Waals surface area (Å²) in [4.78, 5) is 31.0. The number of halogens is 4. The van der Waals surface area contributed by atoms with Gasteiger partial charge in [0.15, 0.2) is 9.84 Å². The second-order valence-corrected chi connectivity index (χ2v) is 12.2. The first-order chi connectivity index (χ1) is 17.9. The number of carbonyl (C=O) groups excluding carboxylic acids is 2. The van der Waals surface area contributed by atoms with E-state index in [9.17, 15) is 18.0 Å². The van der Waals surface area contributed by atoms with Gasteiger partial charge in [-0.05, 0) is 36.4 Å². The Bertz CT molecular complexity index is 1550. The molecule has 0 saturated carbocycles. The average molecular weight is 615 g/mol. The largest absolute Gasteiger partial charge is 0.492 e. The molecule has 3 aromatic rings. The molecule has 13 heteroatoms. The van der Waals surface area contributed by atoms with Crippen LogP contribution in [0.5, 0.6) is 5.75 Å². The van der Waals surface area contributed by atoms with Crippen molar-refractivity contribution in [1.82, 2.24) is 5.32 Å². The van der Waals surface area contributed by atoms with Gasteiger partial charge in [0, 0.05) is 27.4 Å². The van der Waals surface area contributed by atoms with Crippen molar-refractivity contribution in [2.75, 3.05) is 23.9 Å². The molecule has 2 N–H and O–H groups in total. The number of hydrogen-bond acceptors (Lipinski definition) is 6. The van der Waals surface area contributed by atoms with E-state index in [4.69, 9.17) is 51.1 Å². The predicted molar refractivity (Wildman–Crippen MR) is 150 cm³/mol. The van der Waals surface area contributed by atoms with Crippen LogP contribution in [-0.4, -0.2) is 50.7 Å². The third-order valence-corrected chi connectivity index (χ3v) is 7.31. The Kier molecular flexibility index (Phi) is 8.54. The van der Waals surface area contributed by atoms with Crippen molar-refractivity contribution in [3.63, 3.8) is 0 Å². The van der Waals surface area contributed by atoms with Crippen molar-refractivity contribution >= 4 is 79.5 Å². The van der Waals surface area contributed by atoms with Crippen LogP contribution in [0.3, 0.4) is 0 Å². The van der Waals surface area contributed by atoms with Crippen molar-refractivity contribution in [2.24, 2.45) is 4.99 Å². The van der Waals surface area contributed by atoms with Crippen molar-refractivity contribution in [3.05, 3.63) is 91.4 Å². The maximum atomic E-state index is 13.3. The second kappa shape index (κ2) is 11.5. The SMILES string of the molecule is CS(=O)(=O)CCOc1ccc(Cl)cc1C(=O)NC1N=C(c2c(Cl)cc(Cl)cc2Cl)c2ccccc2NC1=O. The maximum Gasteiger partial charge on any atom is 0.269 e. The molecule has 0 spiro atoms. The van der Waals surface area contributed by atoms with Crippen molar-refractivity contribution in [2.45, 2.75) is 6.17 Å². The summed E-state index contributed by atoms with van der Waals surface area (Å²) in [5, 5.41) is 6.27. The summed E-state index contributed by atoms with van der Waals surface area (Å²) in [5.74, 6) is -1.52. The van der Waals surface area contributed by atoms with Gasteiger partial charge in [-0.3, -0.25) is 9.59 Å². The van der Waals surface area contributed by atoms with Crippen LogP contribution < -0.4 is 15.4 Å². The van der Waals surface area contributed by atoms with E-state index in [1.165, 1.54) is 30.3 Å². The Morgan fingerprint density at radius 2 is 1.71 bits per heavy atom. The molecule has 1 heterocycles. The molecule has 1 unspecified atom stereocenters. The number of rotatable bonds is 7. The van der Waals surface area contributed by atoms with Gasteiger partial charge in [0.05, 0.1) is 32.8 Å². The molecular formula is C25H19Cl4N3O5S. The van der Waals surface area contributed by atoms with Crippen molar-refractivity contribution in [1.29, 1.82) is 0 Å². The number of aliphatic imine (C=N–C) groups is 1. The van der Waals surface area contributed by atoms with E-state index >= 15 is 0 Å². The number of carbonyl (C=O) groups is 2. The molecular weight excluding hydrogens is 596 g/mol. The highest BCUT2D eigenvalue weighted by Crippen LogP contribution is 2.34. The zero-order chi connectivity index (χ0) is 27.6. The van der Waals surface area contributed by atoms with Gasteiger partial charge in [-0.2, -0.15) is 0 Å². The van der Waals surface area contributed by atoms with E-state index < -0.39 is 27.8 Å². The summed E-state index contributed by atoms with van der Waals surface area (Å²) < 4.78 is 28.5. The monoisotopic (exact) mass is 613 g/mol. The van der Waals surface area contributed by atoms with Gasteiger partial charge < -0.3 is 15.4 Å². The number of ether oxygens (including phenoxy) is 1. The van der Waals surface area contributed by atoms with E-state index in [0.29, 0.717) is 21.8 Å². The molecule has 0 aromatic heterocycles. The summed E-state index contributed by atoms with van der Waals surface area (Å²) in [7, 11) is -3.29. The Balaban J connectivity index is 1.73. The zero-order valence-corrected chi connectivity index (χ0v) is 23.4. The quantitative estimate of drug-likeness (QED) is 0.376. The first-order valence-electron chi connectivity index (χ1n) is 11.0. The van der Waals surface area contributed by atoms with E-state index in [0.717, 1.165) is 6.26 Å². The van der Waals surface area contributed by atoms with Gasteiger partial charge in [0.2, 0.25) is 6.17 Å². The van der Waals surface area contributed by atoms with Crippen LogP contribution in [0, 0.1) is 0 Å². The van der Waals surface area contributed by atoms with Gasteiger partial charge in [0.1, 0.15) is 12.4 Å². The topological polar surface area (TPSA) is 114 Å². The molecule has 1 aliphatic heterocycles. The predicted octanol–water partition coefficient (Wildman–Crippen LogP) is 5.27. The Labute approximate surface area is 238 Å². The number of nitrogens with one attached hydrogen (secondary N) is 2. The van der Waals surface area contributed by atoms with Crippen LogP contribution in [0.25, 0.3) is 0 Å². The van der Waals surface area contributed by atoms with Gasteiger partial charge >= 0.3 is 0 Å². The molecule has 8 nitrogen and oxygen atoms in total. The van der Waals surface area contributed by atoms with E-state index in [1.807, 2.05) is 0 Å². The number of para-hydroxylation sites is 1. The fraction of sp³-hybridized carbons (Fsp3) is 0.160. The summed E-state index contributed by atoms with van der Waals surface area (Å²) >= 11 is 25.1. The molecule has 0 fully saturated rings. The summed E-state index contributed by atoms with van der Waals surface area (Å²) in [5.41, 5.74) is 1.53. The minimum atomic E-state index is -3.29. The highest BCUT2D eigenvalue weighted by molar-refractivity contribution is 7.90. The molecule has 38 heavy (non-hydrogen) atoms. The number of benzodiazepines with no additional fused rings is 1. The molecule has 1 aliphatic rings. The smallest absolute Gasteiger partial charge is 0.269 e. The second-order valence-electron chi connectivity index (χ2n) is 8.25. The molecule has 198 valence electrons. The Morgan fingerprint density at radius 3 is 2.39 bits per heavy atom. The first-order valence-corrected chi connectivity index (χ1v) is 14.5. The van der Waals surface area contributed by atoms with E-state index in [-0.39, 0.29) is 44.5 Å². The highest BCUT2D eigenvalue weighted by atomic mass is 35.5. The number of nitrogens with zero attached hydrogens (tertiary/aromatic N) is 1. The lowest BCUT2D eigenvalue weighted by molar-refractivity contribution is -0.117. The fourth-order valence-electron chi connectivity index (χ4n) is 3.63. The third kappa shape index (κ3) is 6.59. The van der Waals surface area contributed by atoms with E-state index in [1.54, 1.807) is 24.3 Å². The fourth-order valence-corrected chi connectivity index (χ4v) is 5.19. The summed E-state index contributed by atoms with van der Waals surface area (Å²) in [6.45, 7) is -0.185. The van der Waals surface area contributed by atoms with Gasteiger partial charge in [-0.1, -0.05) is 64.6 Å². The Morgan fingerprint density at radius 1 is 1.03 bits per heavy atom. The zero-order valence-electron chi connectivity index (χ0n) is 19.6. The standard InChI is InChI=1S/C25H19Cl4N3O5S/c1-38(35,36)9-8-37-20-7-6-13(26)10-16(20)24(33)32-23-25(34)30-19-5-3-2-4-15(19)22(31-23)21-17(28)11-14(27)12-18(21)29/h2-7,10-12,23H,8-9H2,1H3,(H,30,34)(H,32,33). The minimum Gasteiger partial charge on any atom is -0.492 e. The molecule has 0 radical (unpaired) electrons.